The van der Waals surface area contributed by atoms with Crippen LogP contribution in [-0.2, 0) is 15.2 Å². The number of ether oxygens (including phenoxy) is 1. The molecule has 0 spiro atoms. The molecule has 0 saturated carbocycles. The van der Waals surface area contributed by atoms with E-state index in [4.69, 9.17) is 0 Å². The van der Waals surface area contributed by atoms with E-state index in [-0.39, 0.29) is 5.69 Å². The van der Waals surface area contributed by atoms with Crippen LogP contribution in [0.25, 0.3) is 0 Å². The number of hydrogen-bond acceptors (Lipinski definition) is 7. The second-order valence-corrected chi connectivity index (χ2v) is 2.96. The molecule has 0 heterocycles. The average Bonchev–Trinajstić information content (AvgIpc) is 2.31. The summed E-state index contributed by atoms with van der Waals surface area (Å²) in [4.78, 5) is 11.0. The Morgan fingerprint density at radius 3 is 2.12 bits per heavy atom. The first-order chi connectivity index (χ1) is 7.63. The number of hydrogen-bond donors (Lipinski definition) is 2. The summed E-state index contributed by atoms with van der Waals surface area (Å²) in [6, 6.07) is 5.72. The van der Waals surface area contributed by atoms with Crippen molar-refractivity contribution in [3.05, 3.63) is 29.8 Å². The summed E-state index contributed by atoms with van der Waals surface area (Å²) in [5.74, 6) is 7.53. The van der Waals surface area contributed by atoms with E-state index in [0.717, 1.165) is 0 Å². The van der Waals surface area contributed by atoms with Crippen LogP contribution in [0, 0.1) is 0 Å². The van der Waals surface area contributed by atoms with Gasteiger partial charge in [-0.15, -0.1) is 4.36 Å². The number of carbonyl (C=O) groups excluding carboxylic acids is 1. The highest BCUT2D eigenvalue weighted by Gasteiger charge is 2.03. The van der Waals surface area contributed by atoms with Gasteiger partial charge in [0.2, 0.25) is 0 Å². The lowest BCUT2D eigenvalue weighted by molar-refractivity contribution is 0.0601. The third-order valence-electron chi connectivity index (χ3n) is 1.47. The van der Waals surface area contributed by atoms with Crippen LogP contribution in [0.5, 0.6) is 0 Å². The Bertz CT molecular complexity index is 459. The highest BCUT2D eigenvalue weighted by atomic mass is 32.2. The molecule has 1 aromatic rings. The quantitative estimate of drug-likeness (QED) is 0.428. The normalized spacial score (nSPS) is 8.44. The van der Waals surface area contributed by atoms with Crippen molar-refractivity contribution < 1.29 is 17.9 Å². The third-order valence-corrected chi connectivity index (χ3v) is 1.83. The lowest BCUT2D eigenvalue weighted by Crippen LogP contribution is -2.02. The van der Waals surface area contributed by atoms with Gasteiger partial charge in [-0.05, 0) is 24.3 Å². The summed E-state index contributed by atoms with van der Waals surface area (Å²) in [6.07, 6.45) is 0. The molecule has 0 bridgehead atoms. The molecule has 7 nitrogen and oxygen atoms in total. The van der Waals surface area contributed by atoms with Crippen molar-refractivity contribution in [1.29, 1.82) is 0 Å². The molecule has 4 N–H and O–H groups in total. The van der Waals surface area contributed by atoms with Crippen LogP contribution in [0.1, 0.15) is 10.4 Å². The minimum atomic E-state index is -2.48. The largest absolute Gasteiger partial charge is 0.465 e. The highest BCUT2D eigenvalue weighted by Crippen LogP contribution is 2.12. The van der Waals surface area contributed by atoms with Crippen LogP contribution in [0.15, 0.2) is 28.6 Å². The molecule has 8 heteroatoms. The first-order valence-electron chi connectivity index (χ1n) is 3.96. The minimum absolute atomic E-state index is 0.269. The van der Waals surface area contributed by atoms with Gasteiger partial charge in [0.1, 0.15) is 0 Å². The van der Waals surface area contributed by atoms with Crippen LogP contribution in [-0.4, -0.2) is 21.5 Å². The monoisotopic (exact) mass is 245 g/mol. The number of nitrogens with two attached hydrogens (primary N) is 2. The van der Waals surface area contributed by atoms with Crippen LogP contribution in [0.3, 0.4) is 0 Å². The van der Waals surface area contributed by atoms with Gasteiger partial charge in [-0.25, -0.2) is 4.79 Å². The smallest absolute Gasteiger partial charge is 0.337 e. The summed E-state index contributed by atoms with van der Waals surface area (Å²) in [5, 5.41) is 0. The van der Waals surface area contributed by atoms with Crippen molar-refractivity contribution in [3.8, 4) is 0 Å². The molecule has 0 aliphatic heterocycles. The number of methoxy groups -OCH3 is 1. The van der Waals surface area contributed by atoms with E-state index >= 15 is 0 Å². The van der Waals surface area contributed by atoms with E-state index in [1.165, 1.54) is 31.4 Å². The van der Waals surface area contributed by atoms with Crippen molar-refractivity contribution in [2.45, 2.75) is 0 Å². The van der Waals surface area contributed by atoms with Gasteiger partial charge >= 0.3 is 16.5 Å². The van der Waals surface area contributed by atoms with Gasteiger partial charge < -0.3 is 4.74 Å². The Balaban J connectivity index is 0.00000106. The Morgan fingerprint density at radius 2 is 1.75 bits per heavy atom. The van der Waals surface area contributed by atoms with Gasteiger partial charge in [0.05, 0.1) is 18.4 Å². The fourth-order valence-electron chi connectivity index (χ4n) is 0.862. The van der Waals surface area contributed by atoms with Gasteiger partial charge in [-0.3, -0.25) is 11.7 Å². The van der Waals surface area contributed by atoms with E-state index in [9.17, 15) is 13.2 Å². The zero-order chi connectivity index (χ0) is 12.6. The lowest BCUT2D eigenvalue weighted by Gasteiger charge is -1.97. The van der Waals surface area contributed by atoms with Gasteiger partial charge in [-0.2, -0.15) is 8.42 Å². The summed E-state index contributed by atoms with van der Waals surface area (Å²) in [7, 11) is -1.21. The maximum atomic E-state index is 11.0. The summed E-state index contributed by atoms with van der Waals surface area (Å²) in [5.41, 5.74) is 0.620. The molecular weight excluding hydrogens is 234 g/mol. The van der Waals surface area contributed by atoms with Gasteiger partial charge in [-0.1, -0.05) is 0 Å². The predicted octanol–water partition coefficient (Wildman–Crippen LogP) is -0.0138. The van der Waals surface area contributed by atoms with Gasteiger partial charge in [0, 0.05) is 0 Å². The number of esters is 1. The topological polar surface area (TPSA) is 125 Å². The molecule has 0 radical (unpaired) electrons. The Kier molecular flexibility index (Phi) is 6.68. The molecule has 0 aliphatic rings. The molecule has 0 atom stereocenters. The molecule has 16 heavy (non-hydrogen) atoms. The standard InChI is InChI=1S/C8H7NO4S.H4N2/c1-13-8(10)6-2-4-7(5-3-6)9-14(11)12;1-2/h2-5H,1H3;1-2H2. The molecule has 0 aromatic heterocycles. The molecule has 0 amide bonds. The van der Waals surface area contributed by atoms with Crippen LogP contribution in [0.4, 0.5) is 5.69 Å². The Hall–Kier alpha value is -1.77. The average molecular weight is 245 g/mol. The number of rotatable bonds is 2. The molecule has 0 saturated heterocycles. The fraction of sp³-hybridized carbons (Fsp3) is 0.125. The van der Waals surface area contributed by atoms with Gasteiger partial charge in [0.25, 0.3) is 0 Å². The summed E-state index contributed by atoms with van der Waals surface area (Å²) < 4.78 is 28.1. The second-order valence-electron chi connectivity index (χ2n) is 2.35. The Labute approximate surface area is 93.7 Å². The first-order valence-corrected chi connectivity index (χ1v) is 4.99. The Morgan fingerprint density at radius 1 is 1.25 bits per heavy atom. The molecule has 0 unspecified atom stereocenters. The van der Waals surface area contributed by atoms with Crippen molar-refractivity contribution in [2.24, 2.45) is 16.0 Å². The zero-order valence-corrected chi connectivity index (χ0v) is 9.27. The van der Waals surface area contributed by atoms with Gasteiger partial charge in [0.15, 0.2) is 0 Å². The van der Waals surface area contributed by atoms with E-state index in [1.807, 2.05) is 0 Å². The maximum absolute atomic E-state index is 11.0. The molecular formula is C8H11N3O4S. The van der Waals surface area contributed by atoms with E-state index in [1.54, 1.807) is 0 Å². The molecule has 88 valence electrons. The number of nitrogens with zero attached hydrogens (tertiary/aromatic N) is 1. The second kappa shape index (κ2) is 7.51. The maximum Gasteiger partial charge on any atom is 0.337 e. The van der Waals surface area contributed by atoms with Crippen molar-refractivity contribution in [2.75, 3.05) is 7.11 Å². The minimum Gasteiger partial charge on any atom is -0.465 e. The SMILES string of the molecule is COC(=O)c1ccc(N=S(=O)=O)cc1.NN. The predicted molar refractivity (Wildman–Crippen MR) is 57.2 cm³/mol. The van der Waals surface area contributed by atoms with Crippen LogP contribution in [0.2, 0.25) is 0 Å². The first kappa shape index (κ1) is 14.2. The van der Waals surface area contributed by atoms with Crippen molar-refractivity contribution in [3.63, 3.8) is 0 Å². The molecule has 1 aromatic carbocycles. The zero-order valence-electron chi connectivity index (χ0n) is 8.45. The van der Waals surface area contributed by atoms with E-state index < -0.39 is 16.5 Å². The fourth-order valence-corrected chi connectivity index (χ4v) is 1.16. The van der Waals surface area contributed by atoms with E-state index in [0.29, 0.717) is 5.56 Å². The van der Waals surface area contributed by atoms with Crippen LogP contribution >= 0.6 is 0 Å². The number of benzene rings is 1. The number of hydrazine groups is 1. The molecule has 1 rings (SSSR count). The van der Waals surface area contributed by atoms with E-state index in [2.05, 4.69) is 20.8 Å². The number of carbonyl (C=O) groups is 1. The molecule has 0 fully saturated rings. The highest BCUT2D eigenvalue weighted by molar-refractivity contribution is 7.61. The third kappa shape index (κ3) is 4.64. The summed E-state index contributed by atoms with van der Waals surface area (Å²) >= 11 is 0. The summed E-state index contributed by atoms with van der Waals surface area (Å²) in [6.45, 7) is 0. The van der Waals surface area contributed by atoms with Crippen molar-refractivity contribution in [1.82, 2.24) is 0 Å². The lowest BCUT2D eigenvalue weighted by atomic mass is 10.2. The van der Waals surface area contributed by atoms with Crippen LogP contribution < -0.4 is 11.7 Å². The van der Waals surface area contributed by atoms with Crippen molar-refractivity contribution >= 4 is 22.2 Å². The molecule has 0 aliphatic carbocycles.